The Morgan fingerprint density at radius 3 is 2.18 bits per heavy atom. The van der Waals surface area contributed by atoms with Crippen LogP contribution in [0, 0.1) is 5.41 Å². The summed E-state index contributed by atoms with van der Waals surface area (Å²) in [5.41, 5.74) is 0.760. The van der Waals surface area contributed by atoms with E-state index in [9.17, 15) is 29.7 Å². The van der Waals surface area contributed by atoms with Crippen LogP contribution < -0.4 is 10.6 Å². The zero-order valence-corrected chi connectivity index (χ0v) is 23.2. The van der Waals surface area contributed by atoms with Gasteiger partial charge in [0.1, 0.15) is 31.0 Å². The molecule has 1 aromatic carbocycles. The molecule has 2 amide bonds. The summed E-state index contributed by atoms with van der Waals surface area (Å²) in [5.74, 6) is -1.75. The quantitative estimate of drug-likeness (QED) is 0.128. The molecule has 0 saturated carbocycles. The predicted octanol–water partition coefficient (Wildman–Crippen LogP) is 1.26. The molecule has 0 aliphatic heterocycles. The highest BCUT2D eigenvalue weighted by atomic mass is 16.5. The van der Waals surface area contributed by atoms with E-state index in [1.165, 1.54) is 13.0 Å². The number of carbonyl (C=O) groups is 3. The second-order valence-electron chi connectivity index (χ2n) is 10.5. The first kappa shape index (κ1) is 33.2. The molecule has 1 rings (SSSR count). The summed E-state index contributed by atoms with van der Waals surface area (Å²) in [6, 6.07) is 8.52. The summed E-state index contributed by atoms with van der Waals surface area (Å²) in [4.78, 5) is 37.1. The maximum Gasteiger partial charge on any atom is 0.306 e. The summed E-state index contributed by atoms with van der Waals surface area (Å²) in [5, 5.41) is 36.3. The Bertz CT molecular complexity index is 898. The Hall–Kier alpha value is -2.79. The van der Waals surface area contributed by atoms with Crippen LogP contribution in [0.25, 0.3) is 0 Å². The van der Waals surface area contributed by atoms with Crippen molar-refractivity contribution in [3.63, 3.8) is 0 Å². The van der Waals surface area contributed by atoms with Crippen molar-refractivity contribution in [3.05, 3.63) is 48.0 Å². The summed E-state index contributed by atoms with van der Waals surface area (Å²) in [6.07, 6.45) is -3.13. The van der Waals surface area contributed by atoms with Crippen LogP contribution in [-0.2, 0) is 30.3 Å². The van der Waals surface area contributed by atoms with E-state index < -0.39 is 48.4 Å². The highest BCUT2D eigenvalue weighted by molar-refractivity contribution is 5.89. The number of allylic oxidation sites excluding steroid dienone is 1. The normalized spacial score (nSPS) is 15.9. The van der Waals surface area contributed by atoms with E-state index in [1.54, 1.807) is 19.9 Å². The van der Waals surface area contributed by atoms with E-state index >= 15 is 0 Å². The maximum absolute atomic E-state index is 12.8. The number of carbonyl (C=O) groups excluding carboxylic acids is 3. The highest BCUT2D eigenvalue weighted by Crippen LogP contribution is 2.17. The van der Waals surface area contributed by atoms with Gasteiger partial charge in [0, 0.05) is 6.42 Å². The van der Waals surface area contributed by atoms with Gasteiger partial charge in [0.05, 0.1) is 12.6 Å². The molecule has 10 nitrogen and oxygen atoms in total. The van der Waals surface area contributed by atoms with Gasteiger partial charge in [-0.2, -0.15) is 0 Å². The van der Waals surface area contributed by atoms with E-state index in [0.29, 0.717) is 6.42 Å². The molecule has 5 atom stereocenters. The van der Waals surface area contributed by atoms with E-state index in [1.807, 2.05) is 51.1 Å². The molecule has 0 spiro atoms. The van der Waals surface area contributed by atoms with Crippen molar-refractivity contribution >= 4 is 17.8 Å². The number of aliphatic hydroxyl groups is 3. The van der Waals surface area contributed by atoms with Gasteiger partial charge in [-0.15, -0.1) is 0 Å². The molecule has 0 unspecified atom stereocenters. The van der Waals surface area contributed by atoms with Crippen molar-refractivity contribution in [2.75, 3.05) is 13.2 Å². The standard InChI is InChI=1S/C28H44N2O8/c1-18(2)38-25(24(34)23(33)21(31)14-15-28(4,5)6)27(36)30-19(3)26(35)29-16-17-37-22(32)13-12-20-10-8-7-9-11-20/h7-11,14-15,18-19,21,23-25,31,33-34H,12-13,16-17H2,1-6H3,(H,29,35)(H,30,36)/b15-14+/t19-,21+,23-,24+,25+/m0/s1. The number of aliphatic hydroxyl groups excluding tert-OH is 3. The molecule has 0 heterocycles. The third-order valence-corrected chi connectivity index (χ3v) is 5.36. The molecule has 0 aromatic heterocycles. The van der Waals surface area contributed by atoms with Gasteiger partial charge < -0.3 is 35.4 Å². The van der Waals surface area contributed by atoms with E-state index in [0.717, 1.165) is 5.56 Å². The number of ether oxygens (including phenoxy) is 2. The third-order valence-electron chi connectivity index (χ3n) is 5.36. The lowest BCUT2D eigenvalue weighted by atomic mass is 9.94. The number of hydrogen-bond acceptors (Lipinski definition) is 8. The molecular weight excluding hydrogens is 492 g/mol. The zero-order valence-electron chi connectivity index (χ0n) is 23.2. The topological polar surface area (TPSA) is 154 Å². The van der Waals surface area contributed by atoms with E-state index in [4.69, 9.17) is 9.47 Å². The molecule has 0 bridgehead atoms. The zero-order chi connectivity index (χ0) is 28.9. The summed E-state index contributed by atoms with van der Waals surface area (Å²) in [6.45, 7) is 10.5. The minimum Gasteiger partial charge on any atom is -0.464 e. The van der Waals surface area contributed by atoms with Crippen LogP contribution in [0.3, 0.4) is 0 Å². The van der Waals surface area contributed by atoms with Crippen LogP contribution in [-0.4, -0.2) is 82.8 Å². The van der Waals surface area contributed by atoms with Crippen LogP contribution in [0.5, 0.6) is 0 Å². The molecule has 0 saturated heterocycles. The molecular formula is C28H44N2O8. The third kappa shape index (κ3) is 13.1. The van der Waals surface area contributed by atoms with E-state index in [-0.39, 0.29) is 31.0 Å². The average molecular weight is 537 g/mol. The van der Waals surface area contributed by atoms with Gasteiger partial charge in [-0.25, -0.2) is 0 Å². The van der Waals surface area contributed by atoms with Crippen LogP contribution >= 0.6 is 0 Å². The van der Waals surface area contributed by atoms with Gasteiger partial charge in [0.15, 0.2) is 6.10 Å². The van der Waals surface area contributed by atoms with Gasteiger partial charge in [-0.05, 0) is 38.2 Å². The van der Waals surface area contributed by atoms with Gasteiger partial charge in [-0.3, -0.25) is 14.4 Å². The summed E-state index contributed by atoms with van der Waals surface area (Å²) in [7, 11) is 0. The molecule has 214 valence electrons. The molecule has 38 heavy (non-hydrogen) atoms. The first-order chi connectivity index (χ1) is 17.7. The van der Waals surface area contributed by atoms with Crippen LogP contribution in [0.1, 0.15) is 53.5 Å². The van der Waals surface area contributed by atoms with Gasteiger partial charge in [-0.1, -0.05) is 63.3 Å². The number of hydrogen-bond donors (Lipinski definition) is 5. The largest absolute Gasteiger partial charge is 0.464 e. The lowest BCUT2D eigenvalue weighted by molar-refractivity contribution is -0.160. The number of amides is 2. The van der Waals surface area contributed by atoms with Gasteiger partial charge in [0.25, 0.3) is 5.91 Å². The Kier molecular flexibility index (Phi) is 14.2. The Balaban J connectivity index is 2.55. The Morgan fingerprint density at radius 1 is 0.974 bits per heavy atom. The molecule has 0 aliphatic rings. The SMILES string of the molecule is CC(C)O[C@@H](C(=O)N[C@@H](C)C(=O)NCCOC(=O)CCc1ccccc1)[C@H](O)[C@@H](O)[C@H](O)/C=C/C(C)(C)C. The van der Waals surface area contributed by atoms with Crippen molar-refractivity contribution in [2.24, 2.45) is 5.41 Å². The van der Waals surface area contributed by atoms with Crippen molar-refractivity contribution in [1.82, 2.24) is 10.6 Å². The number of rotatable bonds is 15. The lowest BCUT2D eigenvalue weighted by Gasteiger charge is -2.30. The Labute approximate surface area is 225 Å². The number of nitrogens with one attached hydrogen (secondary N) is 2. The number of benzene rings is 1. The monoisotopic (exact) mass is 536 g/mol. The average Bonchev–Trinajstić information content (AvgIpc) is 2.85. The highest BCUT2D eigenvalue weighted by Gasteiger charge is 2.37. The number of esters is 1. The molecule has 10 heteroatoms. The van der Waals surface area contributed by atoms with Crippen molar-refractivity contribution in [2.45, 2.75) is 90.9 Å². The minimum atomic E-state index is -1.76. The maximum atomic E-state index is 12.8. The smallest absolute Gasteiger partial charge is 0.306 e. The van der Waals surface area contributed by atoms with Crippen LogP contribution in [0.4, 0.5) is 0 Å². The van der Waals surface area contributed by atoms with Gasteiger partial charge >= 0.3 is 5.97 Å². The first-order valence-corrected chi connectivity index (χ1v) is 12.9. The molecule has 0 fully saturated rings. The second kappa shape index (κ2) is 16.2. The Morgan fingerprint density at radius 2 is 1.61 bits per heavy atom. The fraction of sp³-hybridized carbons (Fsp3) is 0.607. The minimum absolute atomic E-state index is 0.0238. The number of aryl methyl sites for hydroxylation is 1. The molecule has 1 aromatic rings. The summed E-state index contributed by atoms with van der Waals surface area (Å²) < 4.78 is 10.6. The molecule has 0 aliphatic carbocycles. The summed E-state index contributed by atoms with van der Waals surface area (Å²) >= 11 is 0. The first-order valence-electron chi connectivity index (χ1n) is 12.9. The van der Waals surface area contributed by atoms with Crippen LogP contribution in [0.15, 0.2) is 42.5 Å². The van der Waals surface area contributed by atoms with Crippen LogP contribution in [0.2, 0.25) is 0 Å². The van der Waals surface area contributed by atoms with Crippen molar-refractivity contribution in [3.8, 4) is 0 Å². The van der Waals surface area contributed by atoms with E-state index in [2.05, 4.69) is 10.6 Å². The van der Waals surface area contributed by atoms with Crippen molar-refractivity contribution in [1.29, 1.82) is 0 Å². The molecule has 0 radical (unpaired) electrons. The second-order valence-corrected chi connectivity index (χ2v) is 10.5. The predicted molar refractivity (Wildman–Crippen MR) is 143 cm³/mol. The fourth-order valence-electron chi connectivity index (χ4n) is 3.29. The van der Waals surface area contributed by atoms with Crippen molar-refractivity contribution < 1.29 is 39.2 Å². The lowest BCUT2D eigenvalue weighted by Crippen LogP contribution is -2.56. The molecule has 5 N–H and O–H groups in total. The van der Waals surface area contributed by atoms with Gasteiger partial charge in [0.2, 0.25) is 5.91 Å². The fourth-order valence-corrected chi connectivity index (χ4v) is 3.29.